The van der Waals surface area contributed by atoms with Crippen LogP contribution in [0.2, 0.25) is 0 Å². The maximum Gasteiger partial charge on any atom is 0.270 e. The average Bonchev–Trinajstić information content (AvgIpc) is 3.57. The molecule has 1 fully saturated rings. The second-order valence-corrected chi connectivity index (χ2v) is 10.3. The normalized spacial score (nSPS) is 15.9. The molecule has 0 radical (unpaired) electrons. The van der Waals surface area contributed by atoms with E-state index in [2.05, 4.69) is 33.0 Å². The van der Waals surface area contributed by atoms with Crippen molar-refractivity contribution in [2.24, 2.45) is 0 Å². The summed E-state index contributed by atoms with van der Waals surface area (Å²) in [5, 5.41) is 20.6. The molecule has 1 saturated heterocycles. The molecule has 2 aliphatic rings. The number of carbonyl (C=O) groups excluding carboxylic acids is 2. The van der Waals surface area contributed by atoms with Gasteiger partial charge in [0.05, 0.1) is 16.2 Å². The first-order valence-corrected chi connectivity index (χ1v) is 13.6. The predicted molar refractivity (Wildman–Crippen MR) is 157 cm³/mol. The Kier molecular flexibility index (Phi) is 8.21. The summed E-state index contributed by atoms with van der Waals surface area (Å²) >= 11 is 0. The first kappa shape index (κ1) is 27.1. The summed E-state index contributed by atoms with van der Waals surface area (Å²) in [4.78, 5) is 37.9. The third-order valence-corrected chi connectivity index (χ3v) is 7.30. The van der Waals surface area contributed by atoms with Crippen molar-refractivity contribution >= 4 is 40.1 Å². The first-order valence-electron chi connectivity index (χ1n) is 13.6. The minimum absolute atomic E-state index is 0.0443. The number of anilines is 2. The Morgan fingerprint density at radius 3 is 2.38 bits per heavy atom. The molecular weight excluding hydrogens is 506 g/mol. The zero-order valence-corrected chi connectivity index (χ0v) is 22.5. The summed E-state index contributed by atoms with van der Waals surface area (Å²) in [6.45, 7) is 5.28. The molecule has 3 aromatic carbocycles. The van der Waals surface area contributed by atoms with Gasteiger partial charge in [-0.25, -0.2) is 0 Å². The molecule has 3 N–H and O–H groups in total. The molecule has 0 spiro atoms. The van der Waals surface area contributed by atoms with Crippen LogP contribution in [0.4, 0.5) is 17.1 Å². The Bertz CT molecular complexity index is 1440. The largest absolute Gasteiger partial charge is 0.356 e. The number of aryl methyl sites for hydroxylation is 1. The summed E-state index contributed by atoms with van der Waals surface area (Å²) in [6.07, 6.45) is 4.10. The molecule has 0 aromatic heterocycles. The minimum atomic E-state index is -0.456. The molecule has 40 heavy (non-hydrogen) atoms. The van der Waals surface area contributed by atoms with Gasteiger partial charge in [0.2, 0.25) is 5.91 Å². The Hall–Kier alpha value is -4.50. The summed E-state index contributed by atoms with van der Waals surface area (Å²) in [6, 6.07) is 20.5. The van der Waals surface area contributed by atoms with Crippen molar-refractivity contribution in [2.45, 2.75) is 39.2 Å². The Morgan fingerprint density at radius 2 is 1.70 bits per heavy atom. The summed E-state index contributed by atoms with van der Waals surface area (Å²) in [7, 11) is 0. The third kappa shape index (κ3) is 6.38. The average molecular weight is 540 g/mol. The minimum Gasteiger partial charge on any atom is -0.356 e. The maximum atomic E-state index is 13.2. The van der Waals surface area contributed by atoms with Gasteiger partial charge in [-0.05, 0) is 73.7 Å². The van der Waals surface area contributed by atoms with Crippen LogP contribution < -0.4 is 16.0 Å². The number of hydrogen-bond donors (Lipinski definition) is 3. The van der Waals surface area contributed by atoms with Crippen LogP contribution in [0, 0.1) is 10.1 Å². The van der Waals surface area contributed by atoms with E-state index in [0.717, 1.165) is 49.3 Å². The van der Waals surface area contributed by atoms with Gasteiger partial charge in [0, 0.05) is 49.1 Å². The summed E-state index contributed by atoms with van der Waals surface area (Å²) < 4.78 is 0. The molecule has 0 unspecified atom stereocenters. The molecule has 0 saturated carbocycles. The van der Waals surface area contributed by atoms with Crippen LogP contribution in [0.3, 0.4) is 0 Å². The Balaban J connectivity index is 1.46. The molecule has 9 heteroatoms. The SMILES string of the molecule is CC(=O)NCCCc1ccc(/C(Nc2ccc(CN3CCCC3)cc2)=C2/C(=O)Nc3ccc([N+](=O)[O-])cc32)cc1. The highest BCUT2D eigenvalue weighted by Gasteiger charge is 2.30. The van der Waals surface area contributed by atoms with Gasteiger partial charge >= 0.3 is 0 Å². The number of nitrogens with one attached hydrogen (secondary N) is 3. The molecule has 3 aromatic rings. The van der Waals surface area contributed by atoms with Gasteiger partial charge in [-0.3, -0.25) is 24.6 Å². The molecule has 0 atom stereocenters. The highest BCUT2D eigenvalue weighted by molar-refractivity contribution is 6.37. The van der Waals surface area contributed by atoms with E-state index in [4.69, 9.17) is 0 Å². The van der Waals surface area contributed by atoms with E-state index >= 15 is 0 Å². The van der Waals surface area contributed by atoms with Crippen molar-refractivity contribution in [3.63, 3.8) is 0 Å². The molecule has 9 nitrogen and oxygen atoms in total. The van der Waals surface area contributed by atoms with Gasteiger partial charge in [-0.1, -0.05) is 36.4 Å². The standard InChI is InChI=1S/C31H33N5O4/c1-21(37)32-16-4-5-22-6-10-24(11-7-22)30(29-27-19-26(36(39)40)14-15-28(27)34-31(29)38)33-25-12-8-23(9-13-25)20-35-17-2-3-18-35/h6-15,19,33H,2-5,16-18,20H2,1H3,(H,32,37)(H,34,38)/b30-29-. The van der Waals surface area contributed by atoms with E-state index in [9.17, 15) is 19.7 Å². The van der Waals surface area contributed by atoms with Crippen LogP contribution in [0.25, 0.3) is 11.3 Å². The number of nitro benzene ring substituents is 1. The molecule has 0 bridgehead atoms. The number of non-ortho nitro benzene ring substituents is 1. The smallest absolute Gasteiger partial charge is 0.270 e. The second-order valence-electron chi connectivity index (χ2n) is 10.3. The second kappa shape index (κ2) is 12.1. The number of likely N-dealkylation sites (tertiary alicyclic amines) is 1. The van der Waals surface area contributed by atoms with E-state index < -0.39 is 4.92 Å². The third-order valence-electron chi connectivity index (χ3n) is 7.30. The van der Waals surface area contributed by atoms with E-state index in [0.29, 0.717) is 29.1 Å². The van der Waals surface area contributed by atoms with E-state index in [1.54, 1.807) is 6.07 Å². The number of amides is 2. The van der Waals surface area contributed by atoms with Crippen LogP contribution in [-0.2, 0) is 22.6 Å². The molecular formula is C31H33N5O4. The Labute approximate surface area is 233 Å². The molecule has 0 aliphatic carbocycles. The summed E-state index contributed by atoms with van der Waals surface area (Å²) in [5.41, 5.74) is 5.84. The lowest BCUT2D eigenvalue weighted by atomic mass is 9.98. The van der Waals surface area contributed by atoms with Crippen LogP contribution in [0.5, 0.6) is 0 Å². The summed E-state index contributed by atoms with van der Waals surface area (Å²) in [5.74, 6) is -0.361. The first-order chi connectivity index (χ1) is 19.4. The lowest BCUT2D eigenvalue weighted by molar-refractivity contribution is -0.384. The predicted octanol–water partition coefficient (Wildman–Crippen LogP) is 5.19. The number of hydrogen-bond acceptors (Lipinski definition) is 6. The highest BCUT2D eigenvalue weighted by atomic mass is 16.6. The van der Waals surface area contributed by atoms with Crippen LogP contribution in [-0.4, -0.2) is 41.3 Å². The van der Waals surface area contributed by atoms with Gasteiger partial charge < -0.3 is 16.0 Å². The van der Waals surface area contributed by atoms with Gasteiger partial charge in [-0.15, -0.1) is 0 Å². The van der Waals surface area contributed by atoms with Crippen LogP contribution in [0.1, 0.15) is 48.4 Å². The number of nitro groups is 1. The van der Waals surface area contributed by atoms with Gasteiger partial charge in [0.1, 0.15) is 0 Å². The number of rotatable bonds is 10. The quantitative estimate of drug-likeness (QED) is 0.141. The Morgan fingerprint density at radius 1 is 1.00 bits per heavy atom. The molecule has 5 rings (SSSR count). The fourth-order valence-electron chi connectivity index (χ4n) is 5.23. The number of carbonyl (C=O) groups is 2. The van der Waals surface area contributed by atoms with Gasteiger partial charge in [0.25, 0.3) is 11.6 Å². The van der Waals surface area contributed by atoms with Crippen LogP contribution in [0.15, 0.2) is 66.7 Å². The monoisotopic (exact) mass is 539 g/mol. The number of nitrogens with zero attached hydrogens (tertiary/aromatic N) is 2. The lowest BCUT2D eigenvalue weighted by Crippen LogP contribution is -2.21. The van der Waals surface area contributed by atoms with Crippen molar-refractivity contribution in [2.75, 3.05) is 30.3 Å². The van der Waals surface area contributed by atoms with E-state index in [-0.39, 0.29) is 17.5 Å². The fraction of sp³-hybridized carbons (Fsp3) is 0.290. The maximum absolute atomic E-state index is 13.2. The van der Waals surface area contributed by atoms with Gasteiger partial charge in [-0.2, -0.15) is 0 Å². The highest BCUT2D eigenvalue weighted by Crippen LogP contribution is 2.39. The molecule has 206 valence electrons. The van der Waals surface area contributed by atoms with Crippen molar-refractivity contribution in [3.8, 4) is 0 Å². The lowest BCUT2D eigenvalue weighted by Gasteiger charge is -2.17. The number of benzene rings is 3. The van der Waals surface area contributed by atoms with Crippen molar-refractivity contribution in [1.82, 2.24) is 10.2 Å². The molecule has 2 heterocycles. The molecule has 2 amide bonds. The van der Waals surface area contributed by atoms with E-state index in [1.807, 2.05) is 36.4 Å². The zero-order valence-electron chi connectivity index (χ0n) is 22.5. The number of fused-ring (bicyclic) bond motifs is 1. The fourth-order valence-corrected chi connectivity index (χ4v) is 5.23. The van der Waals surface area contributed by atoms with Crippen molar-refractivity contribution < 1.29 is 14.5 Å². The van der Waals surface area contributed by atoms with Gasteiger partial charge in [0.15, 0.2) is 0 Å². The molecule has 2 aliphatic heterocycles. The van der Waals surface area contributed by atoms with Crippen molar-refractivity contribution in [3.05, 3.63) is 99.1 Å². The zero-order chi connectivity index (χ0) is 28.1. The van der Waals surface area contributed by atoms with E-state index in [1.165, 1.54) is 37.5 Å². The van der Waals surface area contributed by atoms with Crippen molar-refractivity contribution in [1.29, 1.82) is 0 Å². The topological polar surface area (TPSA) is 117 Å². The van der Waals surface area contributed by atoms with Crippen LogP contribution >= 0.6 is 0 Å².